The molecule has 0 aromatic heterocycles. The number of benzene rings is 2. The van der Waals surface area contributed by atoms with Gasteiger partial charge in [-0.05, 0) is 30.3 Å². The Kier molecular flexibility index (Phi) is 8.00. The zero-order valence-electron chi connectivity index (χ0n) is 15.4. The van der Waals surface area contributed by atoms with Gasteiger partial charge in [0.25, 0.3) is 5.91 Å². The van der Waals surface area contributed by atoms with Crippen molar-refractivity contribution in [3.8, 4) is 11.8 Å². The predicted octanol–water partition coefficient (Wildman–Crippen LogP) is 2.53. The number of phenols is 1. The number of phenolic OH excluding ortho intramolecular Hbond substituents is 1. The van der Waals surface area contributed by atoms with Crippen molar-refractivity contribution in [3.63, 3.8) is 0 Å². The lowest BCUT2D eigenvalue weighted by Gasteiger charge is -2.21. The largest absolute Gasteiger partial charge is 0.507 e. The Balaban J connectivity index is 1.88. The third-order valence-corrected chi connectivity index (χ3v) is 4.14. The first-order valence-electron chi connectivity index (χ1n) is 8.72. The molecule has 2 aromatic carbocycles. The minimum absolute atomic E-state index is 0.0966. The highest BCUT2D eigenvalue weighted by Crippen LogP contribution is 2.21. The smallest absolute Gasteiger partial charge is 0.273 e. The summed E-state index contributed by atoms with van der Waals surface area (Å²) in [6, 6.07) is 14.8. The summed E-state index contributed by atoms with van der Waals surface area (Å²) in [5.41, 5.74) is 4.89. The van der Waals surface area contributed by atoms with Crippen molar-refractivity contribution in [1.29, 1.82) is 5.26 Å². The van der Waals surface area contributed by atoms with Crippen LogP contribution < -0.4 is 15.8 Å². The highest BCUT2D eigenvalue weighted by molar-refractivity contribution is 6.31. The van der Waals surface area contributed by atoms with Gasteiger partial charge in [-0.25, -0.2) is 0 Å². The van der Waals surface area contributed by atoms with Crippen LogP contribution in [0.25, 0.3) is 0 Å². The van der Waals surface area contributed by atoms with Crippen molar-refractivity contribution in [1.82, 2.24) is 10.9 Å². The van der Waals surface area contributed by atoms with Crippen molar-refractivity contribution in [2.24, 2.45) is 0 Å². The van der Waals surface area contributed by atoms with Crippen LogP contribution in [0, 0.1) is 11.3 Å². The lowest BCUT2D eigenvalue weighted by molar-refractivity contribution is -0.125. The van der Waals surface area contributed by atoms with Crippen molar-refractivity contribution < 1.29 is 19.5 Å². The summed E-state index contributed by atoms with van der Waals surface area (Å²) in [4.78, 5) is 37.9. The molecule has 0 spiro atoms. The van der Waals surface area contributed by atoms with Crippen LogP contribution >= 0.6 is 11.6 Å². The van der Waals surface area contributed by atoms with Gasteiger partial charge in [0, 0.05) is 30.1 Å². The Bertz CT molecular complexity index is 928. The monoisotopic (exact) mass is 414 g/mol. The maximum Gasteiger partial charge on any atom is 0.273 e. The Hall–Kier alpha value is -3.57. The van der Waals surface area contributed by atoms with Crippen LogP contribution in [0.1, 0.15) is 29.6 Å². The molecule has 0 unspecified atom stereocenters. The topological polar surface area (TPSA) is 123 Å². The summed E-state index contributed by atoms with van der Waals surface area (Å²) in [7, 11) is 0. The summed E-state index contributed by atoms with van der Waals surface area (Å²) in [6.07, 6.45) is -0.118. The fraction of sp³-hybridized carbons (Fsp3) is 0.200. The average molecular weight is 415 g/mol. The van der Waals surface area contributed by atoms with Crippen molar-refractivity contribution in [3.05, 3.63) is 59.1 Å². The normalized spacial score (nSPS) is 9.93. The number of nitriles is 1. The number of anilines is 1. The molecule has 0 radical (unpaired) electrons. The Morgan fingerprint density at radius 1 is 1.07 bits per heavy atom. The molecule has 8 nitrogen and oxygen atoms in total. The van der Waals surface area contributed by atoms with Gasteiger partial charge in [0.05, 0.1) is 18.1 Å². The van der Waals surface area contributed by atoms with E-state index in [1.807, 2.05) is 12.1 Å². The number of rotatable bonds is 7. The van der Waals surface area contributed by atoms with Gasteiger partial charge in [-0.1, -0.05) is 29.8 Å². The average Bonchev–Trinajstić information content (AvgIpc) is 2.73. The molecule has 0 saturated carbocycles. The molecule has 2 rings (SSSR count). The van der Waals surface area contributed by atoms with Crippen LogP contribution in [0.5, 0.6) is 5.75 Å². The summed E-state index contributed by atoms with van der Waals surface area (Å²) >= 11 is 5.78. The fourth-order valence-corrected chi connectivity index (χ4v) is 2.64. The third-order valence-electron chi connectivity index (χ3n) is 3.90. The number of carbonyl (C=O) groups is 3. The summed E-state index contributed by atoms with van der Waals surface area (Å²) in [5.74, 6) is -1.93. The number of hydrazine groups is 1. The van der Waals surface area contributed by atoms with Crippen molar-refractivity contribution in [2.45, 2.75) is 19.3 Å². The second kappa shape index (κ2) is 10.7. The van der Waals surface area contributed by atoms with Crippen LogP contribution in [-0.4, -0.2) is 29.4 Å². The molecule has 9 heteroatoms. The van der Waals surface area contributed by atoms with E-state index >= 15 is 0 Å². The van der Waals surface area contributed by atoms with Crippen molar-refractivity contribution in [2.75, 3.05) is 11.4 Å². The number of amides is 3. The van der Waals surface area contributed by atoms with Crippen LogP contribution in [0.2, 0.25) is 5.02 Å². The van der Waals surface area contributed by atoms with E-state index in [-0.39, 0.29) is 48.0 Å². The van der Waals surface area contributed by atoms with Gasteiger partial charge < -0.3 is 10.0 Å². The number of nitrogens with one attached hydrogen (secondary N) is 2. The Labute approximate surface area is 172 Å². The minimum atomic E-state index is -0.746. The Morgan fingerprint density at radius 2 is 1.79 bits per heavy atom. The lowest BCUT2D eigenvalue weighted by atomic mass is 10.2. The molecule has 0 aliphatic rings. The van der Waals surface area contributed by atoms with E-state index in [1.165, 1.54) is 23.1 Å². The molecule has 0 fully saturated rings. The number of hydrogen-bond donors (Lipinski definition) is 3. The van der Waals surface area contributed by atoms with Crippen LogP contribution in [0.15, 0.2) is 48.5 Å². The molecule has 0 aliphatic heterocycles. The number of aromatic hydroxyl groups is 1. The second-order valence-electron chi connectivity index (χ2n) is 5.95. The van der Waals surface area contributed by atoms with E-state index in [1.54, 1.807) is 24.3 Å². The zero-order valence-corrected chi connectivity index (χ0v) is 16.1. The van der Waals surface area contributed by atoms with Gasteiger partial charge in [0.2, 0.25) is 11.8 Å². The molecule has 3 N–H and O–H groups in total. The Morgan fingerprint density at radius 3 is 2.48 bits per heavy atom. The number of hydrogen-bond acceptors (Lipinski definition) is 5. The first-order chi connectivity index (χ1) is 13.9. The van der Waals surface area contributed by atoms with Crippen molar-refractivity contribution >= 4 is 35.0 Å². The maximum absolute atomic E-state index is 12.5. The molecule has 0 saturated heterocycles. The molecule has 150 valence electrons. The van der Waals surface area contributed by atoms with Crippen LogP contribution in [0.3, 0.4) is 0 Å². The molecule has 0 aliphatic carbocycles. The molecule has 0 heterocycles. The number of para-hydroxylation sites is 1. The molecule has 0 bridgehead atoms. The van der Waals surface area contributed by atoms with Gasteiger partial charge in [-0.2, -0.15) is 5.26 Å². The SMILES string of the molecule is N#CCCN(C(=O)CCC(=O)NNC(=O)c1cc(Cl)ccc1O)c1ccccc1. The summed E-state index contributed by atoms with van der Waals surface area (Å²) in [5, 5.41) is 18.7. The third kappa shape index (κ3) is 6.52. The van der Waals surface area contributed by atoms with E-state index < -0.39 is 11.8 Å². The summed E-state index contributed by atoms with van der Waals surface area (Å²) < 4.78 is 0. The highest BCUT2D eigenvalue weighted by Gasteiger charge is 2.17. The minimum Gasteiger partial charge on any atom is -0.507 e. The van der Waals surface area contributed by atoms with Crippen LogP contribution in [-0.2, 0) is 9.59 Å². The van der Waals surface area contributed by atoms with Gasteiger partial charge >= 0.3 is 0 Å². The van der Waals surface area contributed by atoms with Gasteiger partial charge in [0.15, 0.2) is 0 Å². The zero-order chi connectivity index (χ0) is 21.2. The first kappa shape index (κ1) is 21.7. The van der Waals surface area contributed by atoms with Crippen LogP contribution in [0.4, 0.5) is 5.69 Å². The van der Waals surface area contributed by atoms with E-state index in [9.17, 15) is 19.5 Å². The number of nitrogens with zero attached hydrogens (tertiary/aromatic N) is 2. The highest BCUT2D eigenvalue weighted by atomic mass is 35.5. The summed E-state index contributed by atoms with van der Waals surface area (Å²) in [6.45, 7) is 0.214. The van der Waals surface area contributed by atoms with Gasteiger partial charge in [0.1, 0.15) is 5.75 Å². The van der Waals surface area contributed by atoms with E-state index in [0.717, 1.165) is 0 Å². The molecule has 2 aromatic rings. The lowest BCUT2D eigenvalue weighted by Crippen LogP contribution is -2.42. The number of carbonyl (C=O) groups excluding carboxylic acids is 3. The van der Waals surface area contributed by atoms with Gasteiger partial charge in [-0.15, -0.1) is 0 Å². The molecular weight excluding hydrogens is 396 g/mol. The quantitative estimate of drug-likeness (QED) is 0.601. The second-order valence-corrected chi connectivity index (χ2v) is 6.39. The first-order valence-corrected chi connectivity index (χ1v) is 9.10. The van der Waals surface area contributed by atoms with E-state index in [0.29, 0.717) is 5.69 Å². The predicted molar refractivity (Wildman–Crippen MR) is 107 cm³/mol. The molecule has 29 heavy (non-hydrogen) atoms. The van der Waals surface area contributed by atoms with Gasteiger partial charge in [-0.3, -0.25) is 25.2 Å². The number of halogens is 1. The van der Waals surface area contributed by atoms with E-state index in [4.69, 9.17) is 16.9 Å². The molecule has 3 amide bonds. The molecular formula is C20H19ClN4O4. The van der Waals surface area contributed by atoms with E-state index in [2.05, 4.69) is 10.9 Å². The standard InChI is InChI=1S/C20H19ClN4O4/c21-14-7-8-17(26)16(13-14)20(29)24-23-18(27)9-10-19(28)25(12-4-11-22)15-5-2-1-3-6-15/h1-3,5-8,13,26H,4,9-10,12H2,(H,23,27)(H,24,29). The molecule has 0 atom stereocenters. The fourth-order valence-electron chi connectivity index (χ4n) is 2.47. The maximum atomic E-state index is 12.5.